The van der Waals surface area contributed by atoms with Crippen LogP contribution in [0, 0.1) is 5.82 Å². The Labute approximate surface area is 182 Å². The van der Waals surface area contributed by atoms with Crippen molar-refractivity contribution in [3.8, 4) is 5.75 Å². The normalized spacial score (nSPS) is 16.0. The lowest BCUT2D eigenvalue weighted by molar-refractivity contribution is 0.198. The first kappa shape index (κ1) is 21.2. The molecule has 0 radical (unpaired) electrons. The van der Waals surface area contributed by atoms with Crippen LogP contribution in [0.4, 0.5) is 10.1 Å². The second-order valence-electron chi connectivity index (χ2n) is 7.95. The standard InChI is InChI=1S/C23H29FN6O/c1-4-31-19-11-9-18(10-12-19)22(23-25-26-27-30(23)17(2)3)29-15-13-28(14-16-29)21-8-6-5-7-20(21)24/h5-12,17,22H,4,13-16H2,1-3H3. The van der Waals surface area contributed by atoms with E-state index in [0.29, 0.717) is 12.3 Å². The van der Waals surface area contributed by atoms with Gasteiger partial charge < -0.3 is 9.64 Å². The maximum absolute atomic E-state index is 14.3. The molecule has 0 N–H and O–H groups in total. The zero-order chi connectivity index (χ0) is 21.8. The maximum atomic E-state index is 14.3. The summed E-state index contributed by atoms with van der Waals surface area (Å²) in [5.41, 5.74) is 1.77. The van der Waals surface area contributed by atoms with Crippen LogP contribution in [0.2, 0.25) is 0 Å². The Kier molecular flexibility index (Phi) is 6.46. The van der Waals surface area contributed by atoms with E-state index in [-0.39, 0.29) is 17.9 Å². The van der Waals surface area contributed by atoms with E-state index in [1.807, 2.05) is 35.9 Å². The highest BCUT2D eigenvalue weighted by Gasteiger charge is 2.31. The maximum Gasteiger partial charge on any atom is 0.173 e. The van der Waals surface area contributed by atoms with Crippen LogP contribution in [0.15, 0.2) is 48.5 Å². The van der Waals surface area contributed by atoms with Crippen molar-refractivity contribution in [2.24, 2.45) is 0 Å². The molecule has 1 saturated heterocycles. The Balaban J connectivity index is 1.61. The molecular weight excluding hydrogens is 395 g/mol. The average molecular weight is 425 g/mol. The summed E-state index contributed by atoms with van der Waals surface area (Å²) >= 11 is 0. The number of tetrazole rings is 1. The molecule has 1 aliphatic heterocycles. The highest BCUT2D eigenvalue weighted by atomic mass is 19.1. The van der Waals surface area contributed by atoms with Crippen molar-refractivity contribution in [2.45, 2.75) is 32.9 Å². The molecule has 164 valence electrons. The number of halogens is 1. The SMILES string of the molecule is CCOc1ccc(C(c2nnnn2C(C)C)N2CCN(c3ccccc3F)CC2)cc1. The molecule has 0 amide bonds. The van der Waals surface area contributed by atoms with Crippen LogP contribution in [-0.2, 0) is 0 Å². The number of ether oxygens (including phenoxy) is 1. The third-order valence-corrected chi connectivity index (χ3v) is 5.63. The summed E-state index contributed by atoms with van der Waals surface area (Å²) in [4.78, 5) is 4.48. The van der Waals surface area contributed by atoms with Crippen molar-refractivity contribution in [1.29, 1.82) is 0 Å². The van der Waals surface area contributed by atoms with E-state index in [0.717, 1.165) is 43.3 Å². The number of aromatic nitrogens is 4. The molecule has 2 heterocycles. The Hall–Kier alpha value is -3.00. The molecule has 1 aromatic heterocycles. The van der Waals surface area contributed by atoms with E-state index in [1.54, 1.807) is 6.07 Å². The van der Waals surface area contributed by atoms with E-state index in [9.17, 15) is 4.39 Å². The topological polar surface area (TPSA) is 59.3 Å². The highest BCUT2D eigenvalue weighted by Crippen LogP contribution is 2.31. The minimum atomic E-state index is -0.178. The predicted octanol–water partition coefficient (Wildman–Crippen LogP) is 3.70. The van der Waals surface area contributed by atoms with Gasteiger partial charge in [0.15, 0.2) is 5.82 Å². The smallest absolute Gasteiger partial charge is 0.173 e. The molecule has 4 rings (SSSR count). The van der Waals surface area contributed by atoms with Crippen LogP contribution in [0.5, 0.6) is 5.75 Å². The first-order valence-corrected chi connectivity index (χ1v) is 10.8. The van der Waals surface area contributed by atoms with Gasteiger partial charge in [-0.15, -0.1) is 5.10 Å². The lowest BCUT2D eigenvalue weighted by Gasteiger charge is -2.40. The fourth-order valence-electron chi connectivity index (χ4n) is 4.11. The van der Waals surface area contributed by atoms with Gasteiger partial charge in [-0.3, -0.25) is 4.90 Å². The minimum Gasteiger partial charge on any atom is -0.494 e. The molecule has 8 heteroatoms. The second-order valence-corrected chi connectivity index (χ2v) is 7.95. The van der Waals surface area contributed by atoms with E-state index in [1.165, 1.54) is 6.07 Å². The molecule has 0 bridgehead atoms. The number of benzene rings is 2. The van der Waals surface area contributed by atoms with Crippen LogP contribution in [0.3, 0.4) is 0 Å². The van der Waals surface area contributed by atoms with Crippen molar-refractivity contribution in [3.63, 3.8) is 0 Å². The van der Waals surface area contributed by atoms with Gasteiger partial charge in [0.05, 0.1) is 24.4 Å². The van der Waals surface area contributed by atoms with Gasteiger partial charge in [0.2, 0.25) is 0 Å². The lowest BCUT2D eigenvalue weighted by atomic mass is 10.0. The van der Waals surface area contributed by atoms with E-state index in [4.69, 9.17) is 4.74 Å². The number of piperazine rings is 1. The summed E-state index contributed by atoms with van der Waals surface area (Å²) in [6.07, 6.45) is 0. The van der Waals surface area contributed by atoms with Gasteiger partial charge in [0.1, 0.15) is 11.6 Å². The summed E-state index contributed by atoms with van der Waals surface area (Å²) in [7, 11) is 0. The first-order chi connectivity index (χ1) is 15.1. The second kappa shape index (κ2) is 9.43. The Bertz CT molecular complexity index is 982. The molecule has 3 aromatic rings. The van der Waals surface area contributed by atoms with Crippen LogP contribution in [-0.4, -0.2) is 57.9 Å². The largest absolute Gasteiger partial charge is 0.494 e. The number of nitrogens with zero attached hydrogens (tertiary/aromatic N) is 6. The van der Waals surface area contributed by atoms with Crippen LogP contribution in [0.25, 0.3) is 0 Å². The quantitative estimate of drug-likeness (QED) is 0.576. The molecule has 0 saturated carbocycles. The average Bonchev–Trinajstić information content (AvgIpc) is 3.26. The van der Waals surface area contributed by atoms with Crippen LogP contribution < -0.4 is 9.64 Å². The number of anilines is 1. The number of hydrogen-bond acceptors (Lipinski definition) is 6. The Morgan fingerprint density at radius 3 is 2.35 bits per heavy atom. The number of hydrogen-bond donors (Lipinski definition) is 0. The highest BCUT2D eigenvalue weighted by molar-refractivity contribution is 5.48. The lowest BCUT2D eigenvalue weighted by Crippen LogP contribution is -2.48. The van der Waals surface area contributed by atoms with Gasteiger partial charge in [-0.05, 0) is 61.0 Å². The summed E-state index contributed by atoms with van der Waals surface area (Å²) in [6, 6.07) is 15.2. The Morgan fingerprint density at radius 2 is 1.71 bits per heavy atom. The molecule has 1 aliphatic rings. The van der Waals surface area contributed by atoms with Gasteiger partial charge in [-0.2, -0.15) is 0 Å². The molecule has 31 heavy (non-hydrogen) atoms. The molecule has 1 fully saturated rings. The molecule has 7 nitrogen and oxygen atoms in total. The zero-order valence-corrected chi connectivity index (χ0v) is 18.3. The third kappa shape index (κ3) is 4.54. The van der Waals surface area contributed by atoms with Crippen molar-refractivity contribution in [1.82, 2.24) is 25.1 Å². The van der Waals surface area contributed by atoms with Gasteiger partial charge in [0.25, 0.3) is 0 Å². The molecule has 1 atom stereocenters. The molecular formula is C23H29FN6O. The molecule has 0 aliphatic carbocycles. The van der Waals surface area contributed by atoms with Crippen LogP contribution >= 0.6 is 0 Å². The van der Waals surface area contributed by atoms with Crippen molar-refractivity contribution in [3.05, 3.63) is 65.7 Å². The summed E-state index contributed by atoms with van der Waals surface area (Å²) in [6.45, 7) is 9.77. The third-order valence-electron chi connectivity index (χ3n) is 5.63. The fourth-order valence-corrected chi connectivity index (χ4v) is 4.11. The first-order valence-electron chi connectivity index (χ1n) is 10.8. The minimum absolute atomic E-state index is 0.0872. The van der Waals surface area contributed by atoms with Gasteiger partial charge in [0, 0.05) is 26.2 Å². The zero-order valence-electron chi connectivity index (χ0n) is 18.3. The summed E-state index contributed by atoms with van der Waals surface area (Å²) < 4.78 is 21.8. The van der Waals surface area contributed by atoms with E-state index >= 15 is 0 Å². The number of para-hydroxylation sites is 1. The Morgan fingerprint density at radius 1 is 1.00 bits per heavy atom. The molecule has 0 spiro atoms. The van der Waals surface area contributed by atoms with Crippen molar-refractivity contribution >= 4 is 5.69 Å². The van der Waals surface area contributed by atoms with E-state index in [2.05, 4.69) is 51.3 Å². The monoisotopic (exact) mass is 424 g/mol. The summed E-state index contributed by atoms with van der Waals surface area (Å²) in [5, 5.41) is 12.6. The van der Waals surface area contributed by atoms with Crippen molar-refractivity contribution in [2.75, 3.05) is 37.7 Å². The van der Waals surface area contributed by atoms with E-state index < -0.39 is 0 Å². The molecule has 1 unspecified atom stereocenters. The predicted molar refractivity (Wildman–Crippen MR) is 118 cm³/mol. The van der Waals surface area contributed by atoms with Gasteiger partial charge >= 0.3 is 0 Å². The molecule has 2 aromatic carbocycles. The van der Waals surface area contributed by atoms with Crippen molar-refractivity contribution < 1.29 is 9.13 Å². The number of rotatable bonds is 7. The van der Waals surface area contributed by atoms with Gasteiger partial charge in [-0.1, -0.05) is 24.3 Å². The fraction of sp³-hybridized carbons (Fsp3) is 0.435. The van der Waals surface area contributed by atoms with Crippen LogP contribution in [0.1, 0.15) is 44.2 Å². The van der Waals surface area contributed by atoms with Gasteiger partial charge in [-0.25, -0.2) is 9.07 Å². The summed E-state index contributed by atoms with van der Waals surface area (Å²) in [5.74, 6) is 1.49.